The fraction of sp³-hybridized carbons (Fsp3) is 0.188. The zero-order chi connectivity index (χ0) is 12.8. The predicted octanol–water partition coefficient (Wildman–Crippen LogP) is 3.19. The molecule has 2 N–H and O–H groups in total. The maximum Gasteiger partial charge on any atom is 0.0675 e. The largest absolute Gasteiger partial charge is 0.318 e. The number of benzene rings is 2. The van der Waals surface area contributed by atoms with Crippen LogP contribution in [0.15, 0.2) is 60.7 Å². The van der Waals surface area contributed by atoms with Crippen molar-refractivity contribution in [2.75, 3.05) is 0 Å². The highest BCUT2D eigenvalue weighted by Crippen LogP contribution is 2.31. The summed E-state index contributed by atoms with van der Waals surface area (Å²) in [6.07, 6.45) is 1.07. The first-order valence-corrected chi connectivity index (χ1v) is 6.04. The van der Waals surface area contributed by atoms with Crippen LogP contribution in [0.3, 0.4) is 0 Å². The monoisotopic (exact) mass is 236 g/mol. The van der Waals surface area contributed by atoms with Crippen LogP contribution in [0.4, 0.5) is 0 Å². The van der Waals surface area contributed by atoms with Gasteiger partial charge in [-0.25, -0.2) is 0 Å². The van der Waals surface area contributed by atoms with Crippen LogP contribution in [0.5, 0.6) is 0 Å². The van der Waals surface area contributed by atoms with E-state index in [0.29, 0.717) is 12.8 Å². The molecule has 0 aliphatic carbocycles. The van der Waals surface area contributed by atoms with Crippen molar-refractivity contribution >= 4 is 0 Å². The summed E-state index contributed by atoms with van der Waals surface area (Å²) in [6.45, 7) is 0. The second-order valence-electron chi connectivity index (χ2n) is 4.36. The zero-order valence-corrected chi connectivity index (χ0v) is 10.2. The van der Waals surface area contributed by atoms with Gasteiger partial charge in [0.2, 0.25) is 0 Å². The smallest absolute Gasteiger partial charge is 0.0675 e. The number of nitriles is 1. The van der Waals surface area contributed by atoms with Gasteiger partial charge in [0, 0.05) is 6.42 Å². The van der Waals surface area contributed by atoms with E-state index in [1.54, 1.807) is 0 Å². The normalized spacial score (nSPS) is 10.9. The number of nitrogens with two attached hydrogens (primary N) is 1. The van der Waals surface area contributed by atoms with E-state index in [1.807, 2.05) is 60.7 Å². The molecule has 0 unspecified atom stereocenters. The van der Waals surface area contributed by atoms with E-state index in [-0.39, 0.29) is 0 Å². The molecule has 2 rings (SSSR count). The van der Waals surface area contributed by atoms with Gasteiger partial charge in [0.1, 0.15) is 0 Å². The SMILES string of the molecule is N#CCCC(N)(c1ccccc1)c1ccccc1. The molecule has 0 saturated carbocycles. The summed E-state index contributed by atoms with van der Waals surface area (Å²) in [6, 6.07) is 22.1. The van der Waals surface area contributed by atoms with Crippen molar-refractivity contribution in [3.63, 3.8) is 0 Å². The lowest BCUT2D eigenvalue weighted by molar-refractivity contribution is 0.499. The Morgan fingerprint density at radius 1 is 0.889 bits per heavy atom. The summed E-state index contributed by atoms with van der Waals surface area (Å²) in [5.41, 5.74) is 8.09. The molecule has 0 aliphatic rings. The molecular formula is C16H16N2. The van der Waals surface area contributed by atoms with Gasteiger partial charge in [0.15, 0.2) is 0 Å². The number of hydrogen-bond acceptors (Lipinski definition) is 2. The average molecular weight is 236 g/mol. The lowest BCUT2D eigenvalue weighted by Gasteiger charge is -2.30. The van der Waals surface area contributed by atoms with Gasteiger partial charge >= 0.3 is 0 Å². The molecule has 2 heteroatoms. The van der Waals surface area contributed by atoms with Crippen molar-refractivity contribution in [3.8, 4) is 6.07 Å². The van der Waals surface area contributed by atoms with Crippen molar-refractivity contribution in [1.29, 1.82) is 5.26 Å². The van der Waals surface area contributed by atoms with E-state index in [9.17, 15) is 0 Å². The summed E-state index contributed by atoms with van der Waals surface area (Å²) in [5.74, 6) is 0. The van der Waals surface area contributed by atoms with E-state index in [4.69, 9.17) is 11.0 Å². The minimum atomic E-state index is -0.585. The topological polar surface area (TPSA) is 49.8 Å². The minimum Gasteiger partial charge on any atom is -0.318 e. The average Bonchev–Trinajstić information content (AvgIpc) is 2.46. The highest BCUT2D eigenvalue weighted by molar-refractivity contribution is 5.37. The van der Waals surface area contributed by atoms with E-state index in [0.717, 1.165) is 11.1 Å². The van der Waals surface area contributed by atoms with E-state index in [2.05, 4.69) is 6.07 Å². The van der Waals surface area contributed by atoms with E-state index in [1.165, 1.54) is 0 Å². The van der Waals surface area contributed by atoms with Gasteiger partial charge in [0.05, 0.1) is 11.6 Å². The molecule has 2 aromatic carbocycles. The first-order valence-electron chi connectivity index (χ1n) is 6.04. The van der Waals surface area contributed by atoms with Crippen molar-refractivity contribution in [2.45, 2.75) is 18.4 Å². The highest BCUT2D eigenvalue weighted by Gasteiger charge is 2.28. The molecule has 0 aromatic heterocycles. The maximum atomic E-state index is 8.82. The van der Waals surface area contributed by atoms with Crippen LogP contribution in [0.25, 0.3) is 0 Å². The molecular weight excluding hydrogens is 220 g/mol. The van der Waals surface area contributed by atoms with Crippen LogP contribution in [-0.2, 0) is 5.54 Å². The third-order valence-electron chi connectivity index (χ3n) is 3.21. The van der Waals surface area contributed by atoms with E-state index < -0.39 is 5.54 Å². The standard InChI is InChI=1S/C16H16N2/c17-13-7-12-16(18,14-8-3-1-4-9-14)15-10-5-2-6-11-15/h1-6,8-11H,7,12,18H2. The number of nitrogens with zero attached hydrogens (tertiary/aromatic N) is 1. The van der Waals surface area contributed by atoms with Gasteiger partial charge in [-0.05, 0) is 17.5 Å². The molecule has 2 aromatic rings. The summed E-state index contributed by atoms with van der Waals surface area (Å²) in [4.78, 5) is 0. The molecule has 0 atom stereocenters. The van der Waals surface area contributed by atoms with Gasteiger partial charge in [0.25, 0.3) is 0 Å². The van der Waals surface area contributed by atoms with Crippen LogP contribution in [0, 0.1) is 11.3 Å². The Hall–Kier alpha value is -2.11. The number of hydrogen-bond donors (Lipinski definition) is 1. The second-order valence-corrected chi connectivity index (χ2v) is 4.36. The Kier molecular flexibility index (Phi) is 3.76. The van der Waals surface area contributed by atoms with Gasteiger partial charge in [-0.2, -0.15) is 5.26 Å². The molecule has 0 heterocycles. The molecule has 0 saturated heterocycles. The van der Waals surface area contributed by atoms with Gasteiger partial charge in [-0.15, -0.1) is 0 Å². The van der Waals surface area contributed by atoms with Crippen molar-refractivity contribution in [1.82, 2.24) is 0 Å². The van der Waals surface area contributed by atoms with Crippen LogP contribution in [0.2, 0.25) is 0 Å². The van der Waals surface area contributed by atoms with Crippen molar-refractivity contribution in [2.24, 2.45) is 5.73 Å². The summed E-state index contributed by atoms with van der Waals surface area (Å²) in [5, 5.41) is 8.82. The Labute approximate surface area is 108 Å². The lowest BCUT2D eigenvalue weighted by atomic mass is 9.80. The Bertz CT molecular complexity index is 487. The third kappa shape index (κ3) is 2.42. The molecule has 18 heavy (non-hydrogen) atoms. The fourth-order valence-corrected chi connectivity index (χ4v) is 2.18. The van der Waals surface area contributed by atoms with Crippen molar-refractivity contribution < 1.29 is 0 Å². The van der Waals surface area contributed by atoms with Crippen LogP contribution < -0.4 is 5.73 Å². The van der Waals surface area contributed by atoms with Gasteiger partial charge < -0.3 is 5.73 Å². The van der Waals surface area contributed by atoms with Crippen molar-refractivity contribution in [3.05, 3.63) is 71.8 Å². The molecule has 2 nitrogen and oxygen atoms in total. The summed E-state index contributed by atoms with van der Waals surface area (Å²) in [7, 11) is 0. The van der Waals surface area contributed by atoms with Gasteiger partial charge in [-0.3, -0.25) is 0 Å². The molecule has 0 amide bonds. The van der Waals surface area contributed by atoms with Crippen LogP contribution >= 0.6 is 0 Å². The quantitative estimate of drug-likeness (QED) is 0.886. The maximum absolute atomic E-state index is 8.82. The molecule has 90 valence electrons. The Morgan fingerprint density at radius 3 is 1.72 bits per heavy atom. The van der Waals surface area contributed by atoms with Crippen LogP contribution in [-0.4, -0.2) is 0 Å². The van der Waals surface area contributed by atoms with E-state index >= 15 is 0 Å². The molecule has 0 aliphatic heterocycles. The number of rotatable bonds is 4. The molecule has 0 fully saturated rings. The minimum absolute atomic E-state index is 0.445. The summed E-state index contributed by atoms with van der Waals surface area (Å²) >= 11 is 0. The second kappa shape index (κ2) is 5.48. The predicted molar refractivity (Wildman–Crippen MR) is 72.7 cm³/mol. The summed E-state index contributed by atoms with van der Waals surface area (Å²) < 4.78 is 0. The molecule has 0 spiro atoms. The zero-order valence-electron chi connectivity index (χ0n) is 10.2. The fourth-order valence-electron chi connectivity index (χ4n) is 2.18. The Morgan fingerprint density at radius 2 is 1.33 bits per heavy atom. The highest BCUT2D eigenvalue weighted by atomic mass is 14.7. The lowest BCUT2D eigenvalue weighted by Crippen LogP contribution is -2.37. The first kappa shape index (κ1) is 12.3. The first-order chi connectivity index (χ1) is 8.77. The Balaban J connectivity index is 2.45. The van der Waals surface area contributed by atoms with Crippen LogP contribution in [0.1, 0.15) is 24.0 Å². The molecule has 0 radical (unpaired) electrons. The van der Waals surface area contributed by atoms with Gasteiger partial charge in [-0.1, -0.05) is 60.7 Å². The third-order valence-corrected chi connectivity index (χ3v) is 3.21. The molecule has 0 bridgehead atoms.